The van der Waals surface area contributed by atoms with Gasteiger partial charge in [0.15, 0.2) is 13.1 Å². The van der Waals surface area contributed by atoms with E-state index in [2.05, 4.69) is 15.4 Å². The van der Waals surface area contributed by atoms with Crippen LogP contribution in [0.3, 0.4) is 0 Å². The maximum absolute atomic E-state index is 12.2. The predicted molar refractivity (Wildman–Crippen MR) is 103 cm³/mol. The molecule has 2 amide bonds. The fraction of sp³-hybridized carbons (Fsp3) is 0.300. The Kier molecular flexibility index (Phi) is 7.22. The van der Waals surface area contributed by atoms with Gasteiger partial charge in [-0.1, -0.05) is 6.07 Å². The molecule has 2 aromatic carbocycles. The molecule has 6 nitrogen and oxygen atoms in total. The number of anilines is 2. The second kappa shape index (κ2) is 9.42. The van der Waals surface area contributed by atoms with E-state index >= 15 is 0 Å². The number of alkyl halides is 3. The zero-order valence-corrected chi connectivity index (χ0v) is 16.3. The second-order valence-electron chi connectivity index (χ2n) is 6.86. The number of ether oxygens (including phenoxy) is 1. The third-order valence-electron chi connectivity index (χ3n) is 3.80. The van der Waals surface area contributed by atoms with E-state index in [1.165, 1.54) is 12.1 Å². The van der Waals surface area contributed by atoms with Crippen molar-refractivity contribution in [2.75, 3.05) is 30.8 Å². The van der Waals surface area contributed by atoms with Crippen molar-refractivity contribution in [1.29, 1.82) is 0 Å². The molecule has 2 aromatic rings. The highest BCUT2D eigenvalue weighted by Crippen LogP contribution is 2.23. The van der Waals surface area contributed by atoms with Crippen LogP contribution in [0, 0.1) is 13.8 Å². The van der Waals surface area contributed by atoms with Gasteiger partial charge in [-0.3, -0.25) is 9.59 Å². The van der Waals surface area contributed by atoms with Gasteiger partial charge in [0.25, 0.3) is 11.8 Å². The molecule has 0 spiro atoms. The SMILES string of the molecule is Cc1cc(C)cc(NC(=O)C[NH+](C)CC(=O)Nc2ccc(OC(F)(F)F)cc2)c1. The number of aryl methyl sites for hydroxylation is 2. The molecule has 0 heterocycles. The number of benzene rings is 2. The van der Waals surface area contributed by atoms with Gasteiger partial charge in [0.1, 0.15) is 5.75 Å². The van der Waals surface area contributed by atoms with E-state index < -0.39 is 6.36 Å². The Morgan fingerprint density at radius 1 is 0.897 bits per heavy atom. The van der Waals surface area contributed by atoms with Crippen LogP contribution < -0.4 is 20.3 Å². The summed E-state index contributed by atoms with van der Waals surface area (Å²) in [4.78, 5) is 24.9. The van der Waals surface area contributed by atoms with Gasteiger partial charge in [-0.25, -0.2) is 0 Å². The van der Waals surface area contributed by atoms with E-state index in [-0.39, 0.29) is 30.7 Å². The first-order chi connectivity index (χ1) is 13.5. The fourth-order valence-electron chi connectivity index (χ4n) is 2.81. The molecule has 0 aliphatic heterocycles. The highest BCUT2D eigenvalue weighted by molar-refractivity contribution is 5.93. The zero-order chi connectivity index (χ0) is 21.6. The number of quaternary nitrogens is 1. The lowest BCUT2D eigenvalue weighted by Crippen LogP contribution is -3.11. The first-order valence-corrected chi connectivity index (χ1v) is 8.85. The minimum Gasteiger partial charge on any atom is -0.406 e. The van der Waals surface area contributed by atoms with Crippen molar-refractivity contribution in [2.45, 2.75) is 20.2 Å². The van der Waals surface area contributed by atoms with Crippen molar-refractivity contribution in [3.05, 3.63) is 53.6 Å². The summed E-state index contributed by atoms with van der Waals surface area (Å²) in [5.41, 5.74) is 3.10. The Morgan fingerprint density at radius 2 is 1.38 bits per heavy atom. The van der Waals surface area contributed by atoms with Crippen LogP contribution in [-0.2, 0) is 9.59 Å². The number of rotatable bonds is 7. The number of carbonyl (C=O) groups is 2. The van der Waals surface area contributed by atoms with Gasteiger partial charge >= 0.3 is 6.36 Å². The minimum atomic E-state index is -4.77. The minimum absolute atomic E-state index is 0.0149. The molecule has 9 heteroatoms. The summed E-state index contributed by atoms with van der Waals surface area (Å²) < 4.78 is 40.2. The van der Waals surface area contributed by atoms with Crippen molar-refractivity contribution >= 4 is 23.2 Å². The smallest absolute Gasteiger partial charge is 0.406 e. The summed E-state index contributed by atoms with van der Waals surface area (Å²) in [5, 5.41) is 5.38. The van der Waals surface area contributed by atoms with Crippen LogP contribution in [0.25, 0.3) is 0 Å². The van der Waals surface area contributed by atoms with E-state index in [0.717, 1.165) is 23.3 Å². The van der Waals surface area contributed by atoms with Gasteiger partial charge in [0.05, 0.1) is 7.05 Å². The zero-order valence-electron chi connectivity index (χ0n) is 16.3. The molecule has 3 N–H and O–H groups in total. The molecule has 0 aliphatic rings. The maximum atomic E-state index is 12.2. The molecule has 0 radical (unpaired) electrons. The number of amides is 2. The van der Waals surface area contributed by atoms with E-state index in [1.54, 1.807) is 7.05 Å². The van der Waals surface area contributed by atoms with E-state index in [9.17, 15) is 22.8 Å². The van der Waals surface area contributed by atoms with Gasteiger partial charge < -0.3 is 20.3 Å². The summed E-state index contributed by atoms with van der Waals surface area (Å²) in [6.45, 7) is 3.97. The van der Waals surface area contributed by atoms with Crippen molar-refractivity contribution in [3.63, 3.8) is 0 Å². The van der Waals surface area contributed by atoms with Crippen molar-refractivity contribution < 1.29 is 32.4 Å². The third kappa shape index (κ3) is 8.22. The van der Waals surface area contributed by atoms with Gasteiger partial charge in [-0.2, -0.15) is 0 Å². The van der Waals surface area contributed by atoms with Crippen LogP contribution in [0.4, 0.5) is 24.5 Å². The average Bonchev–Trinajstić information content (AvgIpc) is 2.53. The summed E-state index contributed by atoms with van der Waals surface area (Å²) in [7, 11) is 1.70. The molecule has 1 atom stereocenters. The van der Waals surface area contributed by atoms with Crippen LogP contribution >= 0.6 is 0 Å². The van der Waals surface area contributed by atoms with Gasteiger partial charge in [0.2, 0.25) is 0 Å². The van der Waals surface area contributed by atoms with Crippen molar-refractivity contribution in [3.8, 4) is 5.75 Å². The first-order valence-electron chi connectivity index (χ1n) is 8.85. The average molecular weight is 410 g/mol. The van der Waals surface area contributed by atoms with Crippen LogP contribution in [-0.4, -0.2) is 38.3 Å². The highest BCUT2D eigenvalue weighted by Gasteiger charge is 2.31. The largest absolute Gasteiger partial charge is 0.573 e. The topological polar surface area (TPSA) is 71.9 Å². The molecular formula is C20H23F3N3O3+. The lowest BCUT2D eigenvalue weighted by Gasteiger charge is -2.14. The third-order valence-corrected chi connectivity index (χ3v) is 3.80. The lowest BCUT2D eigenvalue weighted by molar-refractivity contribution is -0.862. The number of likely N-dealkylation sites (N-methyl/N-ethyl adjacent to an activating group) is 1. The molecule has 156 valence electrons. The Labute approximate surface area is 166 Å². The predicted octanol–water partition coefficient (Wildman–Crippen LogP) is 2.29. The summed E-state index contributed by atoms with van der Waals surface area (Å²) in [6, 6.07) is 10.5. The number of nitrogens with one attached hydrogen (secondary N) is 3. The van der Waals surface area contributed by atoms with Gasteiger partial charge in [-0.05, 0) is 61.4 Å². The molecular weight excluding hydrogens is 387 g/mol. The van der Waals surface area contributed by atoms with Crippen molar-refractivity contribution in [1.82, 2.24) is 0 Å². The molecule has 0 aliphatic carbocycles. The molecule has 1 unspecified atom stereocenters. The summed E-state index contributed by atoms with van der Waals surface area (Å²) in [5.74, 6) is -0.971. The fourth-order valence-corrected chi connectivity index (χ4v) is 2.81. The quantitative estimate of drug-likeness (QED) is 0.656. The van der Waals surface area contributed by atoms with Gasteiger partial charge in [0, 0.05) is 11.4 Å². The molecule has 29 heavy (non-hydrogen) atoms. The van der Waals surface area contributed by atoms with Crippen LogP contribution in [0.1, 0.15) is 11.1 Å². The molecule has 0 aromatic heterocycles. The Bertz CT molecular complexity index is 847. The maximum Gasteiger partial charge on any atom is 0.573 e. The number of hydrogen-bond acceptors (Lipinski definition) is 3. The summed E-state index contributed by atoms with van der Waals surface area (Å²) in [6.07, 6.45) is -4.77. The Hall–Kier alpha value is -3.07. The standard InChI is InChI=1S/C20H22F3N3O3/c1-13-8-14(2)10-16(9-13)25-19(28)12-26(3)11-18(27)24-15-4-6-17(7-5-15)29-20(21,22)23/h4-10H,11-12H2,1-3H3,(H,24,27)(H,25,28)/p+1. The van der Waals surface area contributed by atoms with E-state index in [4.69, 9.17) is 0 Å². The molecule has 0 saturated carbocycles. The van der Waals surface area contributed by atoms with Crippen LogP contribution in [0.15, 0.2) is 42.5 Å². The first kappa shape index (κ1) is 22.2. The lowest BCUT2D eigenvalue weighted by atomic mass is 10.1. The second-order valence-corrected chi connectivity index (χ2v) is 6.86. The number of carbonyl (C=O) groups excluding carboxylic acids is 2. The number of halogens is 3. The molecule has 0 saturated heterocycles. The van der Waals surface area contributed by atoms with Gasteiger partial charge in [-0.15, -0.1) is 13.2 Å². The highest BCUT2D eigenvalue weighted by atomic mass is 19.4. The monoisotopic (exact) mass is 410 g/mol. The van der Waals surface area contributed by atoms with Crippen molar-refractivity contribution in [2.24, 2.45) is 0 Å². The number of hydrogen-bond donors (Lipinski definition) is 3. The molecule has 0 fully saturated rings. The summed E-state index contributed by atoms with van der Waals surface area (Å²) >= 11 is 0. The molecule has 2 rings (SSSR count). The van der Waals surface area contributed by atoms with E-state index in [0.29, 0.717) is 16.3 Å². The van der Waals surface area contributed by atoms with Crippen LogP contribution in [0.2, 0.25) is 0 Å². The Morgan fingerprint density at radius 3 is 1.86 bits per heavy atom. The Balaban J connectivity index is 1.81. The normalized spacial score (nSPS) is 12.2. The molecule has 0 bridgehead atoms. The van der Waals surface area contributed by atoms with E-state index in [1.807, 2.05) is 32.0 Å². The van der Waals surface area contributed by atoms with Crippen LogP contribution in [0.5, 0.6) is 5.75 Å².